The van der Waals surface area contributed by atoms with Gasteiger partial charge in [-0.3, -0.25) is 9.48 Å². The number of rotatable bonds is 8. The topological polar surface area (TPSA) is 68.2 Å². The number of aromatic nitrogens is 2. The van der Waals surface area contributed by atoms with Crippen molar-refractivity contribution in [3.05, 3.63) is 17.0 Å². The van der Waals surface area contributed by atoms with Crippen LogP contribution < -0.4 is 10.6 Å². The lowest BCUT2D eigenvalue weighted by Crippen LogP contribution is -2.47. The standard InChI is InChI=1S/C19H34N4O2.ClH/c1-14(2)11-23-16(4)17(15(3)22-23)10-18(24)21-12-19(13-25-5)6-8-20-9-7-19;/h14,20H,6-13H2,1-5H3,(H,21,24);1H. The molecule has 0 spiro atoms. The van der Waals surface area contributed by atoms with Gasteiger partial charge >= 0.3 is 0 Å². The summed E-state index contributed by atoms with van der Waals surface area (Å²) in [4.78, 5) is 12.5. The largest absolute Gasteiger partial charge is 0.384 e. The van der Waals surface area contributed by atoms with Crippen molar-refractivity contribution in [3.63, 3.8) is 0 Å². The summed E-state index contributed by atoms with van der Waals surface area (Å²) in [6.45, 7) is 12.6. The van der Waals surface area contributed by atoms with Crippen molar-refractivity contribution in [2.45, 2.75) is 53.5 Å². The van der Waals surface area contributed by atoms with Crippen LogP contribution in [-0.2, 0) is 22.5 Å². The zero-order valence-electron chi connectivity index (χ0n) is 16.9. The monoisotopic (exact) mass is 386 g/mol. The van der Waals surface area contributed by atoms with E-state index in [4.69, 9.17) is 4.74 Å². The first kappa shape index (κ1) is 22.9. The Hall–Kier alpha value is -1.11. The van der Waals surface area contributed by atoms with E-state index in [9.17, 15) is 4.79 Å². The van der Waals surface area contributed by atoms with Gasteiger partial charge in [-0.25, -0.2) is 0 Å². The normalized spacial score (nSPS) is 16.4. The minimum atomic E-state index is 0. The fraction of sp³-hybridized carbons (Fsp3) is 0.789. The number of nitrogens with zero attached hydrogens (tertiary/aromatic N) is 2. The highest BCUT2D eigenvalue weighted by molar-refractivity contribution is 5.85. The van der Waals surface area contributed by atoms with Crippen molar-refractivity contribution in [2.75, 3.05) is 33.4 Å². The van der Waals surface area contributed by atoms with Gasteiger partial charge in [0.15, 0.2) is 0 Å². The highest BCUT2D eigenvalue weighted by Gasteiger charge is 2.32. The number of hydrogen-bond donors (Lipinski definition) is 2. The van der Waals surface area contributed by atoms with Crippen molar-refractivity contribution < 1.29 is 9.53 Å². The van der Waals surface area contributed by atoms with E-state index < -0.39 is 0 Å². The number of halogens is 1. The summed E-state index contributed by atoms with van der Waals surface area (Å²) >= 11 is 0. The molecule has 26 heavy (non-hydrogen) atoms. The zero-order chi connectivity index (χ0) is 18.4. The van der Waals surface area contributed by atoms with Crippen LogP contribution in [0.5, 0.6) is 0 Å². The summed E-state index contributed by atoms with van der Waals surface area (Å²) < 4.78 is 7.45. The Balaban J connectivity index is 0.00000338. The van der Waals surface area contributed by atoms with E-state index in [1.54, 1.807) is 7.11 Å². The molecule has 2 rings (SSSR count). The second kappa shape index (κ2) is 10.3. The molecule has 1 aromatic heterocycles. The predicted octanol–water partition coefficient (Wildman–Crippen LogP) is 2.25. The minimum Gasteiger partial charge on any atom is -0.384 e. The van der Waals surface area contributed by atoms with Crippen LogP contribution >= 0.6 is 12.4 Å². The third-order valence-corrected chi connectivity index (χ3v) is 5.18. The molecule has 0 unspecified atom stereocenters. The Bertz CT molecular complexity index is 575. The van der Waals surface area contributed by atoms with Gasteiger partial charge in [0.05, 0.1) is 18.7 Å². The molecular formula is C19H35ClN4O2. The van der Waals surface area contributed by atoms with Gasteiger partial charge in [-0.05, 0) is 45.7 Å². The predicted molar refractivity (Wildman–Crippen MR) is 107 cm³/mol. The van der Waals surface area contributed by atoms with Crippen LogP contribution in [0.15, 0.2) is 0 Å². The smallest absolute Gasteiger partial charge is 0.224 e. The molecule has 2 N–H and O–H groups in total. The first-order chi connectivity index (χ1) is 11.9. The van der Waals surface area contributed by atoms with Gasteiger partial charge in [0.1, 0.15) is 0 Å². The van der Waals surface area contributed by atoms with Gasteiger partial charge in [0, 0.05) is 36.9 Å². The van der Waals surface area contributed by atoms with E-state index in [1.165, 1.54) is 0 Å². The molecule has 6 nitrogen and oxygen atoms in total. The number of piperidine rings is 1. The third-order valence-electron chi connectivity index (χ3n) is 5.18. The lowest BCUT2D eigenvalue weighted by Gasteiger charge is -2.37. The summed E-state index contributed by atoms with van der Waals surface area (Å²) in [7, 11) is 1.74. The summed E-state index contributed by atoms with van der Waals surface area (Å²) in [5.74, 6) is 0.609. The number of amides is 1. The average molecular weight is 387 g/mol. The van der Waals surface area contributed by atoms with Crippen LogP contribution in [0.2, 0.25) is 0 Å². The van der Waals surface area contributed by atoms with Gasteiger partial charge in [-0.2, -0.15) is 5.10 Å². The Morgan fingerprint density at radius 3 is 2.58 bits per heavy atom. The fourth-order valence-electron chi connectivity index (χ4n) is 3.66. The van der Waals surface area contributed by atoms with E-state index >= 15 is 0 Å². The molecule has 1 fully saturated rings. The van der Waals surface area contributed by atoms with Crippen molar-refractivity contribution in [1.82, 2.24) is 20.4 Å². The maximum Gasteiger partial charge on any atom is 0.224 e. The van der Waals surface area contributed by atoms with E-state index in [0.29, 0.717) is 25.5 Å². The van der Waals surface area contributed by atoms with E-state index in [0.717, 1.165) is 49.4 Å². The van der Waals surface area contributed by atoms with Crippen LogP contribution in [0.25, 0.3) is 0 Å². The molecule has 7 heteroatoms. The molecule has 1 aromatic rings. The molecule has 150 valence electrons. The summed E-state index contributed by atoms with van der Waals surface area (Å²) in [6, 6.07) is 0. The van der Waals surface area contributed by atoms with Gasteiger partial charge in [-0.15, -0.1) is 12.4 Å². The summed E-state index contributed by atoms with van der Waals surface area (Å²) in [6.07, 6.45) is 2.47. The SMILES string of the molecule is COCC1(CNC(=O)Cc2c(C)nn(CC(C)C)c2C)CCNCC1.Cl. The quantitative estimate of drug-likeness (QED) is 0.719. The lowest BCUT2D eigenvalue weighted by molar-refractivity contribution is -0.121. The van der Waals surface area contributed by atoms with Crippen molar-refractivity contribution in [2.24, 2.45) is 11.3 Å². The summed E-state index contributed by atoms with van der Waals surface area (Å²) in [5, 5.41) is 11.1. The van der Waals surface area contributed by atoms with Crippen molar-refractivity contribution >= 4 is 18.3 Å². The second-order valence-corrected chi connectivity index (χ2v) is 7.86. The van der Waals surface area contributed by atoms with Gasteiger partial charge in [-0.1, -0.05) is 13.8 Å². The first-order valence-electron chi connectivity index (χ1n) is 9.36. The number of nitrogens with one attached hydrogen (secondary N) is 2. The average Bonchev–Trinajstić information content (AvgIpc) is 2.81. The first-order valence-corrected chi connectivity index (χ1v) is 9.36. The maximum atomic E-state index is 12.5. The number of methoxy groups -OCH3 is 1. The highest BCUT2D eigenvalue weighted by Crippen LogP contribution is 2.28. The van der Waals surface area contributed by atoms with E-state index in [-0.39, 0.29) is 23.7 Å². The van der Waals surface area contributed by atoms with Crippen LogP contribution in [0, 0.1) is 25.2 Å². The molecule has 1 aliphatic heterocycles. The number of carbonyl (C=O) groups is 1. The maximum absolute atomic E-state index is 12.5. The molecule has 0 atom stereocenters. The molecule has 2 heterocycles. The number of carbonyl (C=O) groups excluding carboxylic acids is 1. The Kier molecular flexibility index (Phi) is 9.07. The molecular weight excluding hydrogens is 352 g/mol. The second-order valence-electron chi connectivity index (χ2n) is 7.86. The molecule has 0 radical (unpaired) electrons. The molecule has 0 saturated carbocycles. The van der Waals surface area contributed by atoms with E-state index in [1.807, 2.05) is 11.6 Å². The van der Waals surface area contributed by atoms with E-state index in [2.05, 4.69) is 36.5 Å². The Morgan fingerprint density at radius 2 is 2.00 bits per heavy atom. The molecule has 0 aliphatic carbocycles. The van der Waals surface area contributed by atoms with Crippen molar-refractivity contribution in [3.8, 4) is 0 Å². The number of aryl methyl sites for hydroxylation is 1. The third kappa shape index (κ3) is 5.96. The Morgan fingerprint density at radius 1 is 1.35 bits per heavy atom. The van der Waals surface area contributed by atoms with Gasteiger partial charge in [0.2, 0.25) is 5.91 Å². The van der Waals surface area contributed by atoms with Crippen molar-refractivity contribution in [1.29, 1.82) is 0 Å². The molecule has 1 saturated heterocycles. The number of hydrogen-bond acceptors (Lipinski definition) is 4. The van der Waals surface area contributed by atoms with Gasteiger partial charge < -0.3 is 15.4 Å². The molecule has 1 aliphatic rings. The lowest BCUT2D eigenvalue weighted by atomic mass is 9.79. The number of ether oxygens (including phenoxy) is 1. The van der Waals surface area contributed by atoms with Gasteiger partial charge in [0.25, 0.3) is 0 Å². The molecule has 1 amide bonds. The molecule has 0 aromatic carbocycles. The Labute approximate surface area is 163 Å². The van der Waals surface area contributed by atoms with Crippen LogP contribution in [0.1, 0.15) is 43.6 Å². The zero-order valence-corrected chi connectivity index (χ0v) is 17.7. The van der Waals surface area contributed by atoms with Crippen LogP contribution in [0.4, 0.5) is 0 Å². The highest BCUT2D eigenvalue weighted by atomic mass is 35.5. The minimum absolute atomic E-state index is 0. The van der Waals surface area contributed by atoms with Crippen LogP contribution in [-0.4, -0.2) is 49.0 Å². The summed E-state index contributed by atoms with van der Waals surface area (Å²) in [5.41, 5.74) is 3.18. The molecule has 0 bridgehead atoms. The van der Waals surface area contributed by atoms with Crippen LogP contribution in [0.3, 0.4) is 0 Å². The fourth-order valence-corrected chi connectivity index (χ4v) is 3.66.